The third kappa shape index (κ3) is 1.44. The minimum absolute atomic E-state index is 0.231. The van der Waals surface area contributed by atoms with Crippen molar-refractivity contribution in [3.63, 3.8) is 0 Å². The SMILES string of the molecule is CN(C)N(N)C1C=CC=C1. The quantitative estimate of drug-likeness (QED) is 0.436. The highest BCUT2D eigenvalue weighted by Crippen LogP contribution is 2.05. The third-order valence-electron chi connectivity index (χ3n) is 1.50. The molecular formula is C7H13N3. The van der Waals surface area contributed by atoms with Gasteiger partial charge in [0.05, 0.1) is 6.04 Å². The molecule has 3 heteroatoms. The van der Waals surface area contributed by atoms with Crippen LogP contribution in [0.15, 0.2) is 24.3 Å². The first-order valence-electron chi connectivity index (χ1n) is 3.28. The maximum atomic E-state index is 5.68. The lowest BCUT2D eigenvalue weighted by Gasteiger charge is -2.27. The maximum Gasteiger partial charge on any atom is 0.0766 e. The number of hydrogen-bond donors (Lipinski definition) is 1. The molecule has 2 N–H and O–H groups in total. The second kappa shape index (κ2) is 2.96. The number of hydrogen-bond acceptors (Lipinski definition) is 3. The Labute approximate surface area is 61.3 Å². The van der Waals surface area contributed by atoms with Gasteiger partial charge < -0.3 is 0 Å². The molecule has 3 nitrogen and oxygen atoms in total. The lowest BCUT2D eigenvalue weighted by atomic mass is 10.3. The molecule has 10 heavy (non-hydrogen) atoms. The average molecular weight is 139 g/mol. The van der Waals surface area contributed by atoms with Crippen molar-refractivity contribution in [1.29, 1.82) is 0 Å². The summed E-state index contributed by atoms with van der Waals surface area (Å²) >= 11 is 0. The van der Waals surface area contributed by atoms with Gasteiger partial charge in [-0.2, -0.15) is 5.12 Å². The molecule has 0 aliphatic heterocycles. The number of hydrazine groups is 2. The Morgan fingerprint density at radius 3 is 2.10 bits per heavy atom. The Balaban J connectivity index is 2.49. The van der Waals surface area contributed by atoms with Gasteiger partial charge in [-0.1, -0.05) is 24.3 Å². The summed E-state index contributed by atoms with van der Waals surface area (Å²) in [6.07, 6.45) is 8.07. The molecule has 0 saturated heterocycles. The van der Waals surface area contributed by atoms with Gasteiger partial charge in [-0.15, -0.1) is 0 Å². The van der Waals surface area contributed by atoms with Crippen LogP contribution in [0.4, 0.5) is 0 Å². The molecule has 0 aromatic rings. The predicted molar refractivity (Wildman–Crippen MR) is 41.8 cm³/mol. The molecule has 0 heterocycles. The van der Waals surface area contributed by atoms with Crippen LogP contribution in [0.25, 0.3) is 0 Å². The van der Waals surface area contributed by atoms with Gasteiger partial charge in [-0.05, 0) is 0 Å². The van der Waals surface area contributed by atoms with Crippen molar-refractivity contribution in [1.82, 2.24) is 10.1 Å². The first-order valence-corrected chi connectivity index (χ1v) is 3.28. The van der Waals surface area contributed by atoms with Crippen LogP contribution in [0.3, 0.4) is 0 Å². The van der Waals surface area contributed by atoms with Gasteiger partial charge in [-0.3, -0.25) is 5.84 Å². The van der Waals surface area contributed by atoms with E-state index >= 15 is 0 Å². The molecule has 0 aromatic heterocycles. The van der Waals surface area contributed by atoms with Crippen LogP contribution in [0.1, 0.15) is 0 Å². The number of allylic oxidation sites excluding steroid dienone is 2. The molecule has 0 unspecified atom stereocenters. The minimum Gasteiger partial charge on any atom is -0.254 e. The summed E-state index contributed by atoms with van der Waals surface area (Å²) in [7, 11) is 3.83. The van der Waals surface area contributed by atoms with Gasteiger partial charge in [0.25, 0.3) is 0 Å². The fourth-order valence-corrected chi connectivity index (χ4v) is 0.863. The second-order valence-electron chi connectivity index (χ2n) is 2.49. The number of nitrogens with zero attached hydrogens (tertiary/aromatic N) is 2. The number of rotatable bonds is 2. The molecule has 0 bridgehead atoms. The summed E-state index contributed by atoms with van der Waals surface area (Å²) in [4.78, 5) is 0. The highest BCUT2D eigenvalue weighted by atomic mass is 15.7. The summed E-state index contributed by atoms with van der Waals surface area (Å²) in [6.45, 7) is 0. The highest BCUT2D eigenvalue weighted by molar-refractivity contribution is 5.20. The van der Waals surface area contributed by atoms with Crippen molar-refractivity contribution < 1.29 is 0 Å². The van der Waals surface area contributed by atoms with Crippen LogP contribution in [-0.2, 0) is 0 Å². The van der Waals surface area contributed by atoms with Crippen LogP contribution < -0.4 is 5.84 Å². The second-order valence-corrected chi connectivity index (χ2v) is 2.49. The fraction of sp³-hybridized carbons (Fsp3) is 0.429. The van der Waals surface area contributed by atoms with Crippen molar-refractivity contribution in [2.45, 2.75) is 6.04 Å². The van der Waals surface area contributed by atoms with Gasteiger partial charge in [0.1, 0.15) is 0 Å². The maximum absolute atomic E-state index is 5.68. The van der Waals surface area contributed by atoms with Crippen LogP contribution in [0, 0.1) is 0 Å². The van der Waals surface area contributed by atoms with E-state index in [4.69, 9.17) is 5.84 Å². The van der Waals surface area contributed by atoms with E-state index in [0.717, 1.165) is 0 Å². The van der Waals surface area contributed by atoms with E-state index in [1.807, 2.05) is 43.4 Å². The molecule has 0 fully saturated rings. The Morgan fingerprint density at radius 2 is 1.70 bits per heavy atom. The fourth-order valence-electron chi connectivity index (χ4n) is 0.863. The smallest absolute Gasteiger partial charge is 0.0766 e. The van der Waals surface area contributed by atoms with Crippen molar-refractivity contribution in [2.75, 3.05) is 14.1 Å². The van der Waals surface area contributed by atoms with E-state index in [1.165, 1.54) is 0 Å². The third-order valence-corrected chi connectivity index (χ3v) is 1.50. The predicted octanol–water partition coefficient (Wildman–Crippen LogP) is 0.133. The molecule has 0 aromatic carbocycles. The van der Waals surface area contributed by atoms with E-state index in [0.29, 0.717) is 0 Å². The Bertz CT molecular complexity index is 148. The molecular weight excluding hydrogens is 126 g/mol. The largest absolute Gasteiger partial charge is 0.254 e. The molecule has 0 radical (unpaired) electrons. The lowest BCUT2D eigenvalue weighted by Crippen LogP contribution is -2.47. The normalized spacial score (nSPS) is 18.1. The van der Waals surface area contributed by atoms with Gasteiger partial charge >= 0.3 is 0 Å². The minimum atomic E-state index is 0.231. The molecule has 0 atom stereocenters. The Hall–Kier alpha value is -0.640. The van der Waals surface area contributed by atoms with Gasteiger partial charge in [0.15, 0.2) is 0 Å². The van der Waals surface area contributed by atoms with E-state index in [-0.39, 0.29) is 6.04 Å². The monoisotopic (exact) mass is 139 g/mol. The zero-order chi connectivity index (χ0) is 7.56. The highest BCUT2D eigenvalue weighted by Gasteiger charge is 2.11. The number of nitrogens with two attached hydrogens (primary N) is 1. The molecule has 0 spiro atoms. The summed E-state index contributed by atoms with van der Waals surface area (Å²) < 4.78 is 0. The van der Waals surface area contributed by atoms with Crippen molar-refractivity contribution in [3.8, 4) is 0 Å². The van der Waals surface area contributed by atoms with E-state index in [1.54, 1.807) is 5.12 Å². The van der Waals surface area contributed by atoms with Gasteiger partial charge in [0.2, 0.25) is 0 Å². The first kappa shape index (κ1) is 7.47. The lowest BCUT2D eigenvalue weighted by molar-refractivity contribution is 0.0137. The topological polar surface area (TPSA) is 32.5 Å². The average Bonchev–Trinajstić information content (AvgIpc) is 2.36. The van der Waals surface area contributed by atoms with E-state index in [2.05, 4.69) is 0 Å². The van der Waals surface area contributed by atoms with Gasteiger partial charge in [-0.25, -0.2) is 5.01 Å². The zero-order valence-corrected chi connectivity index (χ0v) is 6.36. The standard InChI is InChI=1S/C7H13N3/c1-9(2)10(8)7-5-3-4-6-7/h3-7H,8H2,1-2H3. The van der Waals surface area contributed by atoms with Crippen molar-refractivity contribution in [2.24, 2.45) is 5.84 Å². The van der Waals surface area contributed by atoms with Crippen LogP contribution >= 0.6 is 0 Å². The van der Waals surface area contributed by atoms with Crippen LogP contribution in [-0.4, -0.2) is 30.3 Å². The van der Waals surface area contributed by atoms with Crippen LogP contribution in [0.2, 0.25) is 0 Å². The molecule has 1 rings (SSSR count). The first-order chi connectivity index (χ1) is 4.72. The summed E-state index contributed by atoms with van der Waals surface area (Å²) in [5.74, 6) is 5.68. The van der Waals surface area contributed by atoms with E-state index < -0.39 is 0 Å². The molecule has 0 amide bonds. The summed E-state index contributed by atoms with van der Waals surface area (Å²) in [6, 6.07) is 0.231. The zero-order valence-electron chi connectivity index (χ0n) is 6.36. The van der Waals surface area contributed by atoms with Gasteiger partial charge in [0, 0.05) is 14.1 Å². The molecule has 1 aliphatic rings. The van der Waals surface area contributed by atoms with Crippen molar-refractivity contribution in [3.05, 3.63) is 24.3 Å². The Kier molecular flexibility index (Phi) is 2.21. The summed E-state index contributed by atoms with van der Waals surface area (Å²) in [5.41, 5.74) is 0. The molecule has 0 saturated carbocycles. The molecule has 56 valence electrons. The molecule has 1 aliphatic carbocycles. The van der Waals surface area contributed by atoms with Crippen LogP contribution in [0.5, 0.6) is 0 Å². The Morgan fingerprint density at radius 1 is 1.20 bits per heavy atom. The van der Waals surface area contributed by atoms with Crippen molar-refractivity contribution >= 4 is 0 Å². The van der Waals surface area contributed by atoms with E-state index in [9.17, 15) is 0 Å². The summed E-state index contributed by atoms with van der Waals surface area (Å²) in [5, 5.41) is 3.52.